The summed E-state index contributed by atoms with van der Waals surface area (Å²) in [6.07, 6.45) is 1.51. The Kier molecular flexibility index (Phi) is 4.79. The minimum atomic E-state index is -0.730. The van der Waals surface area contributed by atoms with Crippen LogP contribution >= 0.6 is 23.4 Å². The van der Waals surface area contributed by atoms with Crippen LogP contribution in [0.2, 0.25) is 5.02 Å². The van der Waals surface area contributed by atoms with Crippen molar-refractivity contribution in [2.24, 2.45) is 0 Å². The van der Waals surface area contributed by atoms with E-state index in [1.54, 1.807) is 11.8 Å². The molecular weight excluding hydrogens is 314 g/mol. The molecule has 0 aromatic heterocycles. The first-order chi connectivity index (χ1) is 10.6. The lowest BCUT2D eigenvalue weighted by atomic mass is 9.84. The third-order valence-electron chi connectivity index (χ3n) is 4.11. The molecule has 0 saturated carbocycles. The normalized spacial score (nSPS) is 17.4. The maximum atomic E-state index is 11.1. The predicted octanol–water partition coefficient (Wildman–Crippen LogP) is 4.37. The van der Waals surface area contributed by atoms with Crippen molar-refractivity contribution < 1.29 is 5.11 Å². The average Bonchev–Trinajstić information content (AvgIpc) is 2.52. The molecule has 2 aromatic carbocycles. The SMILES string of the molecule is Cc1ccc(Sc2ccc(Cl)cc2)c(C2(O)CCNCC2)c1. The molecule has 1 aliphatic heterocycles. The molecule has 2 aromatic rings. The van der Waals surface area contributed by atoms with E-state index in [1.807, 2.05) is 24.3 Å². The summed E-state index contributed by atoms with van der Waals surface area (Å²) >= 11 is 7.64. The molecule has 22 heavy (non-hydrogen) atoms. The van der Waals surface area contributed by atoms with Gasteiger partial charge in [-0.25, -0.2) is 0 Å². The number of halogens is 1. The molecule has 1 saturated heterocycles. The van der Waals surface area contributed by atoms with Crippen LogP contribution in [0.5, 0.6) is 0 Å². The zero-order valence-corrected chi connectivity index (χ0v) is 14.2. The van der Waals surface area contributed by atoms with Gasteiger partial charge in [-0.1, -0.05) is 41.1 Å². The minimum Gasteiger partial charge on any atom is -0.385 e. The Labute approximate surface area is 140 Å². The zero-order valence-electron chi connectivity index (χ0n) is 12.6. The van der Waals surface area contributed by atoms with Crippen LogP contribution in [-0.4, -0.2) is 18.2 Å². The van der Waals surface area contributed by atoms with Crippen LogP contribution in [0.4, 0.5) is 0 Å². The van der Waals surface area contributed by atoms with Crippen molar-refractivity contribution in [3.63, 3.8) is 0 Å². The van der Waals surface area contributed by atoms with E-state index in [2.05, 4.69) is 30.4 Å². The Hall–Kier alpha value is -1.00. The summed E-state index contributed by atoms with van der Waals surface area (Å²) in [5.74, 6) is 0. The molecule has 1 heterocycles. The van der Waals surface area contributed by atoms with Crippen molar-refractivity contribution >= 4 is 23.4 Å². The largest absolute Gasteiger partial charge is 0.385 e. The average molecular weight is 334 g/mol. The molecule has 2 nitrogen and oxygen atoms in total. The van der Waals surface area contributed by atoms with Gasteiger partial charge in [0.05, 0.1) is 5.60 Å². The monoisotopic (exact) mass is 333 g/mol. The second-order valence-electron chi connectivity index (χ2n) is 5.84. The highest BCUT2D eigenvalue weighted by Gasteiger charge is 2.33. The summed E-state index contributed by atoms with van der Waals surface area (Å²) < 4.78 is 0. The summed E-state index contributed by atoms with van der Waals surface area (Å²) in [4.78, 5) is 2.25. The van der Waals surface area contributed by atoms with Gasteiger partial charge in [0.25, 0.3) is 0 Å². The fourth-order valence-corrected chi connectivity index (χ4v) is 3.98. The number of rotatable bonds is 3. The highest BCUT2D eigenvalue weighted by atomic mass is 35.5. The molecule has 0 atom stereocenters. The van der Waals surface area contributed by atoms with Crippen molar-refractivity contribution in [3.05, 3.63) is 58.6 Å². The number of aryl methyl sites for hydroxylation is 1. The van der Waals surface area contributed by atoms with Gasteiger partial charge in [0.15, 0.2) is 0 Å². The lowest BCUT2D eigenvalue weighted by Crippen LogP contribution is -2.40. The van der Waals surface area contributed by atoms with Crippen LogP contribution in [-0.2, 0) is 5.60 Å². The number of aliphatic hydroxyl groups is 1. The van der Waals surface area contributed by atoms with Gasteiger partial charge in [-0.2, -0.15) is 0 Å². The van der Waals surface area contributed by atoms with Gasteiger partial charge in [-0.15, -0.1) is 0 Å². The molecule has 0 amide bonds. The quantitative estimate of drug-likeness (QED) is 0.874. The lowest BCUT2D eigenvalue weighted by Gasteiger charge is -2.34. The van der Waals surface area contributed by atoms with Crippen LogP contribution in [0.1, 0.15) is 24.0 Å². The smallest absolute Gasteiger partial charge is 0.0931 e. The summed E-state index contributed by atoms with van der Waals surface area (Å²) in [5, 5.41) is 15.2. The summed E-state index contributed by atoms with van der Waals surface area (Å²) in [6, 6.07) is 14.2. The maximum absolute atomic E-state index is 11.1. The summed E-state index contributed by atoms with van der Waals surface area (Å²) in [7, 11) is 0. The molecule has 116 valence electrons. The maximum Gasteiger partial charge on any atom is 0.0931 e. The number of hydrogen-bond donors (Lipinski definition) is 2. The van der Waals surface area contributed by atoms with Crippen LogP contribution in [0, 0.1) is 6.92 Å². The minimum absolute atomic E-state index is 0.730. The third-order valence-corrected chi connectivity index (χ3v) is 5.44. The van der Waals surface area contributed by atoms with Crippen LogP contribution < -0.4 is 5.32 Å². The molecule has 0 unspecified atom stereocenters. The summed E-state index contributed by atoms with van der Waals surface area (Å²) in [6.45, 7) is 3.79. The Balaban J connectivity index is 1.95. The summed E-state index contributed by atoms with van der Waals surface area (Å²) in [5.41, 5.74) is 1.50. The first kappa shape index (κ1) is 15.9. The van der Waals surface area contributed by atoms with Gasteiger partial charge in [-0.3, -0.25) is 0 Å². The van der Waals surface area contributed by atoms with E-state index in [0.29, 0.717) is 0 Å². The Morgan fingerprint density at radius 3 is 2.45 bits per heavy atom. The Bertz CT molecular complexity index is 651. The van der Waals surface area contributed by atoms with Crippen LogP contribution in [0.25, 0.3) is 0 Å². The van der Waals surface area contributed by atoms with Gasteiger partial charge >= 0.3 is 0 Å². The first-order valence-corrected chi connectivity index (χ1v) is 8.74. The number of piperidine rings is 1. The molecule has 1 aliphatic rings. The number of hydrogen-bond acceptors (Lipinski definition) is 3. The van der Waals surface area contributed by atoms with E-state index >= 15 is 0 Å². The van der Waals surface area contributed by atoms with Crippen molar-refractivity contribution in [2.45, 2.75) is 35.2 Å². The Morgan fingerprint density at radius 2 is 1.77 bits per heavy atom. The standard InChI is InChI=1S/C18H20ClNOS/c1-13-2-7-17(22-15-5-3-14(19)4-6-15)16(12-13)18(21)8-10-20-11-9-18/h2-7,12,20-21H,8-11H2,1H3. The zero-order chi connectivity index (χ0) is 15.6. The molecule has 0 bridgehead atoms. The number of benzene rings is 2. The fraction of sp³-hybridized carbons (Fsp3) is 0.333. The van der Waals surface area contributed by atoms with E-state index in [0.717, 1.165) is 46.3 Å². The molecule has 0 radical (unpaired) electrons. The van der Waals surface area contributed by atoms with E-state index in [1.165, 1.54) is 5.56 Å². The van der Waals surface area contributed by atoms with Crippen molar-refractivity contribution in [1.29, 1.82) is 0 Å². The van der Waals surface area contributed by atoms with E-state index in [4.69, 9.17) is 11.6 Å². The van der Waals surface area contributed by atoms with Gasteiger partial charge in [0.2, 0.25) is 0 Å². The lowest BCUT2D eigenvalue weighted by molar-refractivity contribution is 0.00345. The van der Waals surface area contributed by atoms with Crippen molar-refractivity contribution in [3.8, 4) is 0 Å². The van der Waals surface area contributed by atoms with Crippen LogP contribution in [0.3, 0.4) is 0 Å². The third kappa shape index (κ3) is 3.49. The van der Waals surface area contributed by atoms with E-state index < -0.39 is 5.60 Å². The molecule has 0 spiro atoms. The second-order valence-corrected chi connectivity index (χ2v) is 7.39. The molecule has 0 aliphatic carbocycles. The second kappa shape index (κ2) is 6.63. The molecule has 1 fully saturated rings. The van der Waals surface area contributed by atoms with E-state index in [-0.39, 0.29) is 0 Å². The van der Waals surface area contributed by atoms with Gasteiger partial charge in [0, 0.05) is 14.8 Å². The first-order valence-electron chi connectivity index (χ1n) is 7.54. The highest BCUT2D eigenvalue weighted by molar-refractivity contribution is 7.99. The number of nitrogens with one attached hydrogen (secondary N) is 1. The topological polar surface area (TPSA) is 32.3 Å². The molecule has 2 N–H and O–H groups in total. The van der Waals surface area contributed by atoms with Gasteiger partial charge in [0.1, 0.15) is 0 Å². The fourth-order valence-electron chi connectivity index (χ4n) is 2.84. The van der Waals surface area contributed by atoms with Crippen molar-refractivity contribution in [1.82, 2.24) is 5.32 Å². The Morgan fingerprint density at radius 1 is 1.09 bits per heavy atom. The molecule has 3 rings (SSSR count). The highest BCUT2D eigenvalue weighted by Crippen LogP contribution is 2.40. The van der Waals surface area contributed by atoms with Gasteiger partial charge < -0.3 is 10.4 Å². The van der Waals surface area contributed by atoms with Crippen LogP contribution in [0.15, 0.2) is 52.3 Å². The van der Waals surface area contributed by atoms with Gasteiger partial charge in [-0.05, 0) is 68.8 Å². The molecular formula is C18H20ClNOS. The van der Waals surface area contributed by atoms with Crippen molar-refractivity contribution in [2.75, 3.05) is 13.1 Å². The molecule has 4 heteroatoms. The van der Waals surface area contributed by atoms with E-state index in [9.17, 15) is 5.11 Å². The predicted molar refractivity (Wildman–Crippen MR) is 92.8 cm³/mol.